The molecule has 122 valence electrons. The molecule has 1 saturated carbocycles. The molecule has 0 amide bonds. The molecule has 4 rings (SSSR count). The molecule has 1 aliphatic heterocycles. The second-order valence-electron chi connectivity index (χ2n) is 6.03. The number of aromatic nitrogens is 1. The zero-order chi connectivity index (χ0) is 16.2. The lowest BCUT2D eigenvalue weighted by Gasteiger charge is -2.38. The van der Waals surface area contributed by atoms with E-state index in [0.29, 0.717) is 11.3 Å². The first-order valence-electron chi connectivity index (χ1n) is 7.28. The first kappa shape index (κ1) is 14.8. The Kier molecular flexibility index (Phi) is 3.11. The van der Waals surface area contributed by atoms with Gasteiger partial charge in [0.25, 0.3) is 5.92 Å². The molecule has 2 fully saturated rings. The van der Waals surface area contributed by atoms with E-state index in [1.54, 1.807) is 24.3 Å². The maximum atomic E-state index is 13.5. The summed E-state index contributed by atoms with van der Waals surface area (Å²) in [4.78, 5) is 0.0568. The normalized spacial score (nSPS) is 26.7. The Morgan fingerprint density at radius 3 is 2.65 bits per heavy atom. The molecule has 2 aromatic rings. The molecule has 23 heavy (non-hydrogen) atoms. The Morgan fingerprint density at radius 2 is 2.00 bits per heavy atom. The van der Waals surface area contributed by atoms with Gasteiger partial charge >= 0.3 is 0 Å². The van der Waals surface area contributed by atoms with Crippen molar-refractivity contribution in [3.63, 3.8) is 0 Å². The van der Waals surface area contributed by atoms with Crippen LogP contribution >= 0.6 is 0 Å². The van der Waals surface area contributed by atoms with Crippen LogP contribution in [0.15, 0.2) is 45.9 Å². The average Bonchev–Trinajstić information content (AvgIpc) is 3.15. The lowest BCUT2D eigenvalue weighted by atomic mass is 9.72. The molecule has 8 heteroatoms. The van der Waals surface area contributed by atoms with Gasteiger partial charge in [0.15, 0.2) is 5.76 Å². The fourth-order valence-electron chi connectivity index (χ4n) is 3.44. The van der Waals surface area contributed by atoms with Gasteiger partial charge in [-0.3, -0.25) is 0 Å². The lowest BCUT2D eigenvalue weighted by Crippen LogP contribution is -2.46. The molecule has 2 heterocycles. The van der Waals surface area contributed by atoms with Crippen LogP contribution in [0.25, 0.3) is 11.3 Å². The van der Waals surface area contributed by atoms with Gasteiger partial charge in [0, 0.05) is 37.1 Å². The highest BCUT2D eigenvalue weighted by molar-refractivity contribution is 7.89. The molecule has 2 unspecified atom stereocenters. The number of benzene rings is 1. The van der Waals surface area contributed by atoms with Gasteiger partial charge in [-0.2, -0.15) is 4.31 Å². The van der Waals surface area contributed by atoms with Crippen molar-refractivity contribution in [2.24, 2.45) is 11.8 Å². The number of fused-ring (bicyclic) bond motifs is 1. The average molecular weight is 340 g/mol. The van der Waals surface area contributed by atoms with Crippen molar-refractivity contribution in [3.8, 4) is 11.3 Å². The van der Waals surface area contributed by atoms with Crippen LogP contribution < -0.4 is 0 Å². The third-order valence-corrected chi connectivity index (χ3v) is 6.58. The third kappa shape index (κ3) is 2.20. The van der Waals surface area contributed by atoms with Gasteiger partial charge in [0.05, 0.1) is 11.1 Å². The standard InChI is InChI=1S/C15H14F2N2O3S/c16-15(17)7-10-8-19(9-12(10)15)23(20,21)14-4-2-1-3-11(14)13-5-6-18-22-13/h1-6,10,12H,7-9H2. The predicted molar refractivity (Wildman–Crippen MR) is 77.2 cm³/mol. The molecule has 5 nitrogen and oxygen atoms in total. The van der Waals surface area contributed by atoms with Crippen LogP contribution in [0.2, 0.25) is 0 Å². The Bertz CT molecular complexity index is 836. The van der Waals surface area contributed by atoms with E-state index >= 15 is 0 Å². The van der Waals surface area contributed by atoms with E-state index in [-0.39, 0.29) is 30.3 Å². The van der Waals surface area contributed by atoms with Gasteiger partial charge in [-0.1, -0.05) is 17.3 Å². The smallest absolute Gasteiger partial charge is 0.252 e. The largest absolute Gasteiger partial charge is 0.356 e. The van der Waals surface area contributed by atoms with Gasteiger partial charge in [-0.15, -0.1) is 0 Å². The number of hydrogen-bond acceptors (Lipinski definition) is 4. The maximum Gasteiger partial charge on any atom is 0.252 e. The number of rotatable bonds is 3. The van der Waals surface area contributed by atoms with E-state index in [1.807, 2.05) is 0 Å². The van der Waals surface area contributed by atoms with Gasteiger partial charge in [0.1, 0.15) is 0 Å². The van der Waals surface area contributed by atoms with Crippen LogP contribution in [-0.2, 0) is 10.0 Å². The van der Waals surface area contributed by atoms with E-state index in [2.05, 4.69) is 5.16 Å². The van der Waals surface area contributed by atoms with Crippen LogP contribution in [0.3, 0.4) is 0 Å². The summed E-state index contributed by atoms with van der Waals surface area (Å²) in [6.45, 7) is 0.0120. The monoisotopic (exact) mass is 340 g/mol. The number of alkyl halides is 2. The fourth-order valence-corrected chi connectivity index (χ4v) is 5.16. The van der Waals surface area contributed by atoms with Crippen LogP contribution in [0, 0.1) is 11.8 Å². The van der Waals surface area contributed by atoms with E-state index in [4.69, 9.17) is 4.52 Å². The van der Waals surface area contributed by atoms with E-state index in [9.17, 15) is 17.2 Å². The minimum Gasteiger partial charge on any atom is -0.356 e. The van der Waals surface area contributed by atoms with E-state index in [1.165, 1.54) is 16.6 Å². The van der Waals surface area contributed by atoms with Crippen LogP contribution in [0.5, 0.6) is 0 Å². The summed E-state index contributed by atoms with van der Waals surface area (Å²) in [5.41, 5.74) is 0.385. The highest BCUT2D eigenvalue weighted by Crippen LogP contribution is 2.53. The topological polar surface area (TPSA) is 63.4 Å². The van der Waals surface area contributed by atoms with Gasteiger partial charge < -0.3 is 4.52 Å². The third-order valence-electron chi connectivity index (χ3n) is 4.69. The molecule has 2 atom stereocenters. The second kappa shape index (κ2) is 4.85. The van der Waals surface area contributed by atoms with Gasteiger partial charge in [0.2, 0.25) is 10.0 Å². The summed E-state index contributed by atoms with van der Waals surface area (Å²) < 4.78 is 59.0. The van der Waals surface area contributed by atoms with E-state index in [0.717, 1.165) is 0 Å². The van der Waals surface area contributed by atoms with Crippen molar-refractivity contribution in [1.82, 2.24) is 9.46 Å². The summed E-state index contributed by atoms with van der Waals surface area (Å²) in [6.07, 6.45) is 1.20. The number of hydrogen-bond donors (Lipinski definition) is 0. The second-order valence-corrected chi connectivity index (χ2v) is 7.93. The van der Waals surface area contributed by atoms with Crippen LogP contribution in [-0.4, -0.2) is 36.9 Å². The van der Waals surface area contributed by atoms with Crippen molar-refractivity contribution in [2.75, 3.05) is 13.1 Å². The fraction of sp³-hybridized carbons (Fsp3) is 0.400. The zero-order valence-corrected chi connectivity index (χ0v) is 12.8. The maximum absolute atomic E-state index is 13.5. The molecule has 0 spiro atoms. The molecule has 0 N–H and O–H groups in total. The number of halogens is 2. The molecule has 1 aliphatic carbocycles. The highest BCUT2D eigenvalue weighted by atomic mass is 32.2. The summed E-state index contributed by atoms with van der Waals surface area (Å²) in [5, 5.41) is 3.59. The summed E-state index contributed by atoms with van der Waals surface area (Å²) in [6, 6.07) is 7.94. The van der Waals surface area contributed by atoms with Crippen molar-refractivity contribution in [1.29, 1.82) is 0 Å². The molecule has 1 aromatic carbocycles. The zero-order valence-electron chi connectivity index (χ0n) is 12.0. The molecule has 2 aliphatic rings. The minimum absolute atomic E-state index is 0.0568. The Morgan fingerprint density at radius 1 is 1.22 bits per heavy atom. The van der Waals surface area contributed by atoms with Crippen LogP contribution in [0.1, 0.15) is 6.42 Å². The Balaban J connectivity index is 1.71. The van der Waals surface area contributed by atoms with Gasteiger partial charge in [-0.05, 0) is 18.1 Å². The van der Waals surface area contributed by atoms with Crippen molar-refractivity contribution < 1.29 is 21.7 Å². The summed E-state index contributed by atoms with van der Waals surface area (Å²) >= 11 is 0. The first-order valence-corrected chi connectivity index (χ1v) is 8.72. The minimum atomic E-state index is -3.86. The number of sulfonamides is 1. The summed E-state index contributed by atoms with van der Waals surface area (Å²) in [5.74, 6) is -3.54. The SMILES string of the molecule is O=S(=O)(c1ccccc1-c1ccno1)N1CC2CC(F)(F)C2C1. The predicted octanol–water partition coefficient (Wildman–Crippen LogP) is 2.62. The van der Waals surface area contributed by atoms with Gasteiger partial charge in [-0.25, -0.2) is 17.2 Å². The van der Waals surface area contributed by atoms with Crippen LogP contribution in [0.4, 0.5) is 8.78 Å². The molecular weight excluding hydrogens is 326 g/mol. The quantitative estimate of drug-likeness (QED) is 0.862. The molecular formula is C15H14F2N2O3S. The highest BCUT2D eigenvalue weighted by Gasteiger charge is 2.61. The van der Waals surface area contributed by atoms with Crippen molar-refractivity contribution in [2.45, 2.75) is 17.2 Å². The van der Waals surface area contributed by atoms with Crippen molar-refractivity contribution in [3.05, 3.63) is 36.5 Å². The Labute approximate surface area is 131 Å². The number of nitrogens with zero attached hydrogens (tertiary/aromatic N) is 2. The van der Waals surface area contributed by atoms with Crippen molar-refractivity contribution >= 4 is 10.0 Å². The molecule has 0 bridgehead atoms. The molecule has 1 aromatic heterocycles. The summed E-state index contributed by atoms with van der Waals surface area (Å²) in [7, 11) is -3.86. The first-order chi connectivity index (χ1) is 10.9. The van der Waals surface area contributed by atoms with E-state index < -0.39 is 21.9 Å². The molecule has 1 saturated heterocycles. The lowest BCUT2D eigenvalue weighted by molar-refractivity contribution is -0.152. The molecule has 0 radical (unpaired) electrons. The Hall–Kier alpha value is -1.80.